The molecule has 2 aromatic rings. The van der Waals surface area contributed by atoms with E-state index in [-0.39, 0.29) is 5.91 Å². The number of likely N-dealkylation sites (N-methyl/N-ethyl adjacent to an activating group) is 1. The standard InChI is InChI=1S/C21H29N5O/c1-24(2)19-12-18-13-20(23-26(18)15-19)21(27)22-9-5-10-25-11-8-16-6-3-4-7-17(16)14-25/h3-4,6-7,13,19H,5,8-12,14-15H2,1-2H3,(H,22,27)/t19-/m0/s1. The molecule has 0 saturated carbocycles. The van der Waals surface area contributed by atoms with Crippen LogP contribution in [0.2, 0.25) is 0 Å². The second kappa shape index (κ2) is 7.82. The topological polar surface area (TPSA) is 53.4 Å². The molecule has 0 saturated heterocycles. The maximum atomic E-state index is 12.4. The monoisotopic (exact) mass is 367 g/mol. The van der Waals surface area contributed by atoms with Crippen LogP contribution < -0.4 is 5.32 Å². The van der Waals surface area contributed by atoms with Gasteiger partial charge in [-0.15, -0.1) is 0 Å². The lowest BCUT2D eigenvalue weighted by Crippen LogP contribution is -2.34. The molecular weight excluding hydrogens is 338 g/mol. The van der Waals surface area contributed by atoms with Gasteiger partial charge in [0, 0.05) is 44.3 Å². The molecule has 0 unspecified atom stereocenters. The molecule has 1 atom stereocenters. The van der Waals surface area contributed by atoms with Crippen LogP contribution in [0.5, 0.6) is 0 Å². The molecule has 27 heavy (non-hydrogen) atoms. The highest BCUT2D eigenvalue weighted by atomic mass is 16.1. The lowest BCUT2D eigenvalue weighted by molar-refractivity contribution is 0.0945. The quantitative estimate of drug-likeness (QED) is 0.787. The first-order chi connectivity index (χ1) is 13.1. The lowest BCUT2D eigenvalue weighted by atomic mass is 10.00. The van der Waals surface area contributed by atoms with E-state index < -0.39 is 0 Å². The van der Waals surface area contributed by atoms with Crippen molar-refractivity contribution in [2.24, 2.45) is 0 Å². The van der Waals surface area contributed by atoms with E-state index in [1.165, 1.54) is 11.1 Å². The van der Waals surface area contributed by atoms with Crippen molar-refractivity contribution >= 4 is 5.91 Å². The van der Waals surface area contributed by atoms with Gasteiger partial charge < -0.3 is 10.2 Å². The molecule has 6 heteroatoms. The number of carbonyl (C=O) groups excluding carboxylic acids is 1. The number of nitrogens with zero attached hydrogens (tertiary/aromatic N) is 4. The molecular formula is C21H29N5O. The van der Waals surface area contributed by atoms with Crippen LogP contribution >= 0.6 is 0 Å². The van der Waals surface area contributed by atoms with Crippen molar-refractivity contribution in [2.45, 2.75) is 38.4 Å². The summed E-state index contributed by atoms with van der Waals surface area (Å²) in [5.41, 5.74) is 4.63. The van der Waals surface area contributed by atoms with Gasteiger partial charge in [0.15, 0.2) is 0 Å². The van der Waals surface area contributed by atoms with Gasteiger partial charge >= 0.3 is 0 Å². The van der Waals surface area contributed by atoms with E-state index in [1.807, 2.05) is 10.7 Å². The number of hydrogen-bond donors (Lipinski definition) is 1. The van der Waals surface area contributed by atoms with Crippen LogP contribution in [0.15, 0.2) is 30.3 Å². The number of carbonyl (C=O) groups is 1. The van der Waals surface area contributed by atoms with Crippen molar-refractivity contribution in [1.82, 2.24) is 24.9 Å². The van der Waals surface area contributed by atoms with Crippen molar-refractivity contribution in [3.8, 4) is 0 Å². The largest absolute Gasteiger partial charge is 0.351 e. The Kier molecular flexibility index (Phi) is 5.27. The Bertz CT molecular complexity index is 789. The summed E-state index contributed by atoms with van der Waals surface area (Å²) < 4.78 is 1.98. The van der Waals surface area contributed by atoms with Crippen LogP contribution in [0.4, 0.5) is 0 Å². The van der Waals surface area contributed by atoms with Gasteiger partial charge in [-0.1, -0.05) is 24.3 Å². The number of aromatic nitrogens is 2. The number of fused-ring (bicyclic) bond motifs is 2. The number of hydrogen-bond acceptors (Lipinski definition) is 4. The predicted molar refractivity (Wildman–Crippen MR) is 106 cm³/mol. The molecule has 0 bridgehead atoms. The van der Waals surface area contributed by atoms with Gasteiger partial charge in [-0.2, -0.15) is 5.10 Å². The maximum absolute atomic E-state index is 12.4. The molecule has 1 aromatic heterocycles. The van der Waals surface area contributed by atoms with Gasteiger partial charge in [0.1, 0.15) is 5.69 Å². The lowest BCUT2D eigenvalue weighted by Gasteiger charge is -2.28. The summed E-state index contributed by atoms with van der Waals surface area (Å²) in [6.07, 6.45) is 3.05. The minimum atomic E-state index is -0.0534. The Balaban J connectivity index is 1.21. The van der Waals surface area contributed by atoms with Crippen molar-refractivity contribution < 1.29 is 4.79 Å². The molecule has 3 heterocycles. The van der Waals surface area contributed by atoms with Gasteiger partial charge in [0.05, 0.1) is 6.54 Å². The SMILES string of the molecule is CN(C)[C@H]1Cc2cc(C(=O)NCCCN3CCc4ccccc4C3)nn2C1. The maximum Gasteiger partial charge on any atom is 0.271 e. The number of nitrogens with one attached hydrogen (secondary N) is 1. The Morgan fingerprint density at radius 1 is 1.30 bits per heavy atom. The van der Waals surface area contributed by atoms with Crippen molar-refractivity contribution in [2.75, 3.05) is 33.7 Å². The average molecular weight is 367 g/mol. The summed E-state index contributed by atoms with van der Waals surface area (Å²) in [5.74, 6) is -0.0534. The number of rotatable bonds is 6. The summed E-state index contributed by atoms with van der Waals surface area (Å²) in [6, 6.07) is 11.1. The number of amides is 1. The Hall–Kier alpha value is -2.18. The fourth-order valence-corrected chi connectivity index (χ4v) is 4.08. The molecule has 2 aliphatic rings. The molecule has 6 nitrogen and oxygen atoms in total. The van der Waals surface area contributed by atoms with Gasteiger partial charge in [0.2, 0.25) is 0 Å². The first-order valence-electron chi connectivity index (χ1n) is 9.90. The first-order valence-corrected chi connectivity index (χ1v) is 9.90. The highest BCUT2D eigenvalue weighted by molar-refractivity contribution is 5.92. The van der Waals surface area contributed by atoms with Crippen LogP contribution in [0, 0.1) is 0 Å². The Morgan fingerprint density at radius 2 is 2.11 bits per heavy atom. The normalized spacial score (nSPS) is 19.1. The Morgan fingerprint density at radius 3 is 2.89 bits per heavy atom. The molecule has 4 rings (SSSR count). The Labute approximate surface area is 161 Å². The van der Waals surface area contributed by atoms with Gasteiger partial charge in [-0.05, 0) is 44.1 Å². The van der Waals surface area contributed by atoms with Crippen molar-refractivity contribution in [3.63, 3.8) is 0 Å². The van der Waals surface area contributed by atoms with Crippen molar-refractivity contribution in [1.29, 1.82) is 0 Å². The molecule has 144 valence electrons. The van der Waals surface area contributed by atoms with E-state index in [2.05, 4.69) is 58.6 Å². The van der Waals surface area contributed by atoms with Crippen LogP contribution in [-0.2, 0) is 25.9 Å². The third-order valence-corrected chi connectivity index (χ3v) is 5.80. The van der Waals surface area contributed by atoms with E-state index in [1.54, 1.807) is 0 Å². The van der Waals surface area contributed by atoms with Gasteiger partial charge in [-0.25, -0.2) is 0 Å². The van der Waals surface area contributed by atoms with E-state index in [4.69, 9.17) is 0 Å². The molecule has 1 N–H and O–H groups in total. The van der Waals surface area contributed by atoms with Crippen LogP contribution in [0.25, 0.3) is 0 Å². The molecule has 0 spiro atoms. The van der Waals surface area contributed by atoms with Crippen LogP contribution in [0.3, 0.4) is 0 Å². The summed E-state index contributed by atoms with van der Waals surface area (Å²) in [7, 11) is 4.18. The molecule has 0 fully saturated rings. The number of benzene rings is 1. The van der Waals surface area contributed by atoms with Crippen LogP contribution in [0.1, 0.15) is 33.7 Å². The molecule has 2 aliphatic heterocycles. The molecule has 1 aromatic carbocycles. The van der Waals surface area contributed by atoms with Crippen molar-refractivity contribution in [3.05, 3.63) is 52.8 Å². The zero-order valence-corrected chi connectivity index (χ0v) is 16.3. The minimum absolute atomic E-state index is 0.0534. The zero-order valence-electron chi connectivity index (χ0n) is 16.3. The smallest absolute Gasteiger partial charge is 0.271 e. The molecule has 0 radical (unpaired) electrons. The second-order valence-electron chi connectivity index (χ2n) is 7.93. The fourth-order valence-electron chi connectivity index (χ4n) is 4.08. The van der Waals surface area contributed by atoms with E-state index in [9.17, 15) is 4.79 Å². The second-order valence-corrected chi connectivity index (χ2v) is 7.93. The van der Waals surface area contributed by atoms with E-state index in [0.29, 0.717) is 18.3 Å². The highest BCUT2D eigenvalue weighted by Crippen LogP contribution is 2.19. The van der Waals surface area contributed by atoms with Crippen LogP contribution in [-0.4, -0.2) is 65.3 Å². The van der Waals surface area contributed by atoms with E-state index in [0.717, 1.165) is 51.1 Å². The third kappa shape index (κ3) is 4.06. The summed E-state index contributed by atoms with van der Waals surface area (Å²) in [5, 5.41) is 7.51. The molecule has 1 amide bonds. The third-order valence-electron chi connectivity index (χ3n) is 5.80. The summed E-state index contributed by atoms with van der Waals surface area (Å²) >= 11 is 0. The zero-order chi connectivity index (χ0) is 18.8. The summed E-state index contributed by atoms with van der Waals surface area (Å²) in [6.45, 7) is 4.70. The molecule has 0 aliphatic carbocycles. The first kappa shape index (κ1) is 18.2. The van der Waals surface area contributed by atoms with E-state index >= 15 is 0 Å². The minimum Gasteiger partial charge on any atom is -0.351 e. The summed E-state index contributed by atoms with van der Waals surface area (Å²) in [4.78, 5) is 17.1. The van der Waals surface area contributed by atoms with Gasteiger partial charge in [-0.3, -0.25) is 14.4 Å². The predicted octanol–water partition coefficient (Wildman–Crippen LogP) is 1.55. The van der Waals surface area contributed by atoms with Gasteiger partial charge in [0.25, 0.3) is 5.91 Å². The highest BCUT2D eigenvalue weighted by Gasteiger charge is 2.26. The fraction of sp³-hybridized carbons (Fsp3) is 0.524. The average Bonchev–Trinajstić information content (AvgIpc) is 3.24.